The van der Waals surface area contributed by atoms with Crippen molar-refractivity contribution < 1.29 is 9.90 Å². The molecule has 0 spiro atoms. The molecule has 2 heterocycles. The van der Waals surface area contributed by atoms with Gasteiger partial charge in [-0.1, -0.05) is 11.8 Å². The fourth-order valence-corrected chi connectivity index (χ4v) is 1.44. The Balaban J connectivity index is 2.20. The highest BCUT2D eigenvalue weighted by Gasteiger charge is 2.12. The molecule has 0 aliphatic heterocycles. The molecule has 1 amide bonds. The van der Waals surface area contributed by atoms with Crippen LogP contribution in [0.3, 0.4) is 0 Å². The smallest absolute Gasteiger partial charge is 0.276 e. The minimum absolute atomic E-state index is 0.0194. The molecule has 0 saturated heterocycles. The second-order valence-corrected chi connectivity index (χ2v) is 3.72. The van der Waals surface area contributed by atoms with Gasteiger partial charge in [0.15, 0.2) is 5.82 Å². The van der Waals surface area contributed by atoms with E-state index in [0.717, 1.165) is 0 Å². The highest BCUT2D eigenvalue weighted by atomic mass is 16.2. The maximum Gasteiger partial charge on any atom is 0.276 e. The van der Waals surface area contributed by atoms with Crippen LogP contribution in [0.2, 0.25) is 0 Å². The lowest BCUT2D eigenvalue weighted by atomic mass is 10.2. The number of carbonyl (C=O) groups is 1. The van der Waals surface area contributed by atoms with Crippen LogP contribution < -0.4 is 5.32 Å². The first-order valence-corrected chi connectivity index (χ1v) is 5.93. The summed E-state index contributed by atoms with van der Waals surface area (Å²) >= 11 is 0. The van der Waals surface area contributed by atoms with Crippen LogP contribution >= 0.6 is 0 Å². The summed E-state index contributed by atoms with van der Waals surface area (Å²) in [5.41, 5.74) is 0.714. The number of anilines is 1. The van der Waals surface area contributed by atoms with E-state index in [0.29, 0.717) is 17.8 Å². The standard InChI is InChI=1S/C14H12N4O2/c19-9-2-1-4-11-5-3-6-17-13(11)14(20)18-12-10-15-7-8-16-12/h3,5-8,10,19H,2,9H2,(H,16,18,20). The molecular formula is C14H12N4O2. The van der Waals surface area contributed by atoms with E-state index < -0.39 is 5.91 Å². The molecule has 6 heteroatoms. The Bertz CT molecular complexity index is 647. The zero-order valence-corrected chi connectivity index (χ0v) is 10.6. The first-order valence-electron chi connectivity index (χ1n) is 5.93. The minimum Gasteiger partial charge on any atom is -0.395 e. The SMILES string of the molecule is O=C(Nc1cnccn1)c1ncccc1C#CCCO. The normalized spacial score (nSPS) is 9.45. The van der Waals surface area contributed by atoms with Gasteiger partial charge in [0.2, 0.25) is 0 Å². The fourth-order valence-electron chi connectivity index (χ4n) is 1.44. The molecule has 6 nitrogen and oxygen atoms in total. The van der Waals surface area contributed by atoms with Crippen molar-refractivity contribution in [2.75, 3.05) is 11.9 Å². The molecule has 100 valence electrons. The number of rotatable bonds is 3. The van der Waals surface area contributed by atoms with Gasteiger partial charge in [-0.3, -0.25) is 9.78 Å². The number of amides is 1. The quantitative estimate of drug-likeness (QED) is 0.806. The lowest BCUT2D eigenvalue weighted by Gasteiger charge is -2.04. The lowest BCUT2D eigenvalue weighted by molar-refractivity contribution is 0.102. The van der Waals surface area contributed by atoms with Crippen LogP contribution in [0, 0.1) is 11.8 Å². The van der Waals surface area contributed by atoms with E-state index in [1.807, 2.05) is 0 Å². The Labute approximate surface area is 115 Å². The molecular weight excluding hydrogens is 256 g/mol. The average Bonchev–Trinajstić information content (AvgIpc) is 2.49. The van der Waals surface area contributed by atoms with Gasteiger partial charge in [-0.2, -0.15) is 0 Å². The van der Waals surface area contributed by atoms with Crippen molar-refractivity contribution >= 4 is 11.7 Å². The first-order chi connectivity index (χ1) is 9.81. The molecule has 0 radical (unpaired) electrons. The Morgan fingerprint density at radius 3 is 2.95 bits per heavy atom. The van der Waals surface area contributed by atoms with Gasteiger partial charge in [0.05, 0.1) is 18.4 Å². The number of pyridine rings is 1. The third-order valence-corrected chi connectivity index (χ3v) is 2.29. The highest BCUT2D eigenvalue weighted by molar-refractivity contribution is 6.03. The number of hydrogen-bond donors (Lipinski definition) is 2. The van der Waals surface area contributed by atoms with E-state index in [2.05, 4.69) is 32.1 Å². The molecule has 0 atom stereocenters. The summed E-state index contributed by atoms with van der Waals surface area (Å²) in [6, 6.07) is 3.39. The third kappa shape index (κ3) is 3.60. The monoisotopic (exact) mass is 268 g/mol. The predicted molar refractivity (Wildman–Crippen MR) is 72.8 cm³/mol. The number of nitrogens with zero attached hydrogens (tertiary/aromatic N) is 3. The van der Waals surface area contributed by atoms with Crippen molar-refractivity contribution in [3.8, 4) is 11.8 Å². The fraction of sp³-hybridized carbons (Fsp3) is 0.143. The van der Waals surface area contributed by atoms with Gasteiger partial charge in [0.25, 0.3) is 5.91 Å². The average molecular weight is 268 g/mol. The molecule has 0 unspecified atom stereocenters. The van der Waals surface area contributed by atoms with Crippen molar-refractivity contribution in [2.45, 2.75) is 6.42 Å². The zero-order valence-electron chi connectivity index (χ0n) is 10.6. The second-order valence-electron chi connectivity index (χ2n) is 3.72. The zero-order chi connectivity index (χ0) is 14.2. The van der Waals surface area contributed by atoms with Crippen LogP contribution in [-0.4, -0.2) is 32.6 Å². The van der Waals surface area contributed by atoms with Crippen LogP contribution in [0.4, 0.5) is 5.82 Å². The Morgan fingerprint density at radius 1 is 1.30 bits per heavy atom. The van der Waals surface area contributed by atoms with E-state index >= 15 is 0 Å². The number of hydrogen-bond acceptors (Lipinski definition) is 5. The van der Waals surface area contributed by atoms with Gasteiger partial charge < -0.3 is 10.4 Å². The second kappa shape index (κ2) is 6.97. The summed E-state index contributed by atoms with van der Waals surface area (Å²) < 4.78 is 0. The van der Waals surface area contributed by atoms with Crippen LogP contribution in [-0.2, 0) is 0 Å². The van der Waals surface area contributed by atoms with E-state index in [-0.39, 0.29) is 12.3 Å². The number of nitrogens with one attached hydrogen (secondary N) is 1. The molecule has 0 aromatic carbocycles. The van der Waals surface area contributed by atoms with E-state index in [4.69, 9.17) is 5.11 Å². The minimum atomic E-state index is -0.403. The van der Waals surface area contributed by atoms with Crippen molar-refractivity contribution in [3.05, 3.63) is 48.2 Å². The van der Waals surface area contributed by atoms with E-state index in [1.165, 1.54) is 24.8 Å². The van der Waals surface area contributed by atoms with Crippen LogP contribution in [0.5, 0.6) is 0 Å². The van der Waals surface area contributed by atoms with Crippen LogP contribution in [0.15, 0.2) is 36.9 Å². The summed E-state index contributed by atoms with van der Waals surface area (Å²) in [4.78, 5) is 24.0. The van der Waals surface area contributed by atoms with Gasteiger partial charge >= 0.3 is 0 Å². The van der Waals surface area contributed by atoms with Crippen LogP contribution in [0.1, 0.15) is 22.5 Å². The number of aliphatic hydroxyl groups excluding tert-OH is 1. The third-order valence-electron chi connectivity index (χ3n) is 2.29. The van der Waals surface area contributed by atoms with Crippen molar-refractivity contribution in [3.63, 3.8) is 0 Å². The van der Waals surface area contributed by atoms with Crippen molar-refractivity contribution in [1.82, 2.24) is 15.0 Å². The summed E-state index contributed by atoms with van der Waals surface area (Å²) in [7, 11) is 0. The molecule has 20 heavy (non-hydrogen) atoms. The maximum atomic E-state index is 12.1. The Hall–Kier alpha value is -2.78. The molecule has 2 N–H and O–H groups in total. The summed E-state index contributed by atoms with van der Waals surface area (Å²) in [6.07, 6.45) is 6.30. The molecule has 0 aliphatic carbocycles. The van der Waals surface area contributed by atoms with Gasteiger partial charge in [-0.25, -0.2) is 9.97 Å². The van der Waals surface area contributed by atoms with Crippen molar-refractivity contribution in [1.29, 1.82) is 0 Å². The molecule has 0 fully saturated rings. The number of aromatic nitrogens is 3. The van der Waals surface area contributed by atoms with E-state index in [1.54, 1.807) is 12.1 Å². The summed E-state index contributed by atoms with van der Waals surface area (Å²) in [5.74, 6) is 5.52. The molecule has 2 aromatic rings. The summed E-state index contributed by atoms with van der Waals surface area (Å²) in [6.45, 7) is -0.0194. The topological polar surface area (TPSA) is 88.0 Å². The molecule has 0 aliphatic rings. The lowest BCUT2D eigenvalue weighted by Crippen LogP contribution is -2.16. The highest BCUT2D eigenvalue weighted by Crippen LogP contribution is 2.07. The maximum absolute atomic E-state index is 12.1. The van der Waals surface area contributed by atoms with E-state index in [9.17, 15) is 4.79 Å². The molecule has 0 bridgehead atoms. The summed E-state index contributed by atoms with van der Waals surface area (Å²) in [5, 5.41) is 11.3. The number of aliphatic hydroxyl groups is 1. The van der Waals surface area contributed by atoms with Gasteiger partial charge in [0.1, 0.15) is 5.69 Å². The van der Waals surface area contributed by atoms with Crippen molar-refractivity contribution in [2.24, 2.45) is 0 Å². The molecule has 0 saturated carbocycles. The predicted octanol–water partition coefficient (Wildman–Crippen LogP) is 0.858. The van der Waals surface area contributed by atoms with Gasteiger partial charge in [0, 0.05) is 25.0 Å². The van der Waals surface area contributed by atoms with Gasteiger partial charge in [-0.15, -0.1) is 0 Å². The number of carbonyl (C=O) groups excluding carboxylic acids is 1. The largest absolute Gasteiger partial charge is 0.395 e. The Kier molecular flexibility index (Phi) is 4.76. The van der Waals surface area contributed by atoms with Gasteiger partial charge in [-0.05, 0) is 12.1 Å². The first kappa shape index (κ1) is 13.6. The Morgan fingerprint density at radius 2 is 2.20 bits per heavy atom. The van der Waals surface area contributed by atoms with Crippen LogP contribution in [0.25, 0.3) is 0 Å². The molecule has 2 aromatic heterocycles. The molecule has 2 rings (SSSR count).